The van der Waals surface area contributed by atoms with Crippen molar-refractivity contribution in [3.63, 3.8) is 0 Å². The molecular weight excluding hydrogens is 198 g/mol. The lowest BCUT2D eigenvalue weighted by Gasteiger charge is -2.19. The van der Waals surface area contributed by atoms with Crippen LogP contribution in [0.5, 0.6) is 0 Å². The van der Waals surface area contributed by atoms with E-state index in [0.717, 1.165) is 24.9 Å². The number of thiophene rings is 1. The maximum atomic E-state index is 11.0. The number of hydrogen-bond acceptors (Lipinski definition) is 3. The molecule has 0 amide bonds. The summed E-state index contributed by atoms with van der Waals surface area (Å²) in [4.78, 5) is 13.5. The molecule has 0 saturated heterocycles. The maximum absolute atomic E-state index is 11.0. The van der Waals surface area contributed by atoms with Crippen LogP contribution in [-0.4, -0.2) is 17.6 Å². The Morgan fingerprint density at radius 1 is 1.79 bits per heavy atom. The standard InChI is InChI=1S/C10H13NO2S/c1-2-6-5-7-8(14-6)3-4-11-9(7)10(12)13/h5,9,11H,2-4H2,1H3,(H,12,13). The topological polar surface area (TPSA) is 49.3 Å². The first-order chi connectivity index (χ1) is 6.72. The Labute approximate surface area is 86.8 Å². The number of aliphatic carboxylic acids is 1. The molecule has 1 aliphatic heterocycles. The van der Waals surface area contributed by atoms with Crippen LogP contribution in [0, 0.1) is 0 Å². The van der Waals surface area contributed by atoms with Crippen molar-refractivity contribution in [1.82, 2.24) is 5.32 Å². The highest BCUT2D eigenvalue weighted by Gasteiger charge is 2.27. The molecule has 0 aromatic carbocycles. The summed E-state index contributed by atoms with van der Waals surface area (Å²) >= 11 is 1.75. The molecule has 0 fully saturated rings. The summed E-state index contributed by atoms with van der Waals surface area (Å²) in [6.45, 7) is 2.87. The van der Waals surface area contributed by atoms with Gasteiger partial charge in [0.1, 0.15) is 6.04 Å². The van der Waals surface area contributed by atoms with E-state index in [1.165, 1.54) is 9.75 Å². The Bertz CT molecular complexity index is 359. The van der Waals surface area contributed by atoms with Gasteiger partial charge in [-0.1, -0.05) is 6.92 Å². The van der Waals surface area contributed by atoms with Gasteiger partial charge in [0.05, 0.1) is 0 Å². The number of rotatable bonds is 2. The third-order valence-corrected chi connectivity index (χ3v) is 3.85. The van der Waals surface area contributed by atoms with Gasteiger partial charge < -0.3 is 10.4 Å². The molecule has 0 saturated carbocycles. The third-order valence-electron chi connectivity index (χ3n) is 2.50. The van der Waals surface area contributed by atoms with Gasteiger partial charge in [0.25, 0.3) is 0 Å². The molecule has 0 spiro atoms. The van der Waals surface area contributed by atoms with E-state index < -0.39 is 12.0 Å². The van der Waals surface area contributed by atoms with Crippen LogP contribution in [0.4, 0.5) is 0 Å². The predicted octanol–water partition coefficient (Wildman–Crippen LogP) is 1.58. The van der Waals surface area contributed by atoms with Gasteiger partial charge >= 0.3 is 5.97 Å². The van der Waals surface area contributed by atoms with E-state index in [4.69, 9.17) is 5.11 Å². The molecule has 1 atom stereocenters. The number of carboxylic acid groups (broad SMARTS) is 1. The number of nitrogens with one attached hydrogen (secondary N) is 1. The molecule has 2 N–H and O–H groups in total. The molecule has 0 radical (unpaired) electrons. The normalized spacial score (nSPS) is 20.5. The minimum atomic E-state index is -0.772. The zero-order valence-electron chi connectivity index (χ0n) is 8.04. The van der Waals surface area contributed by atoms with E-state index in [9.17, 15) is 4.79 Å². The Balaban J connectivity index is 2.38. The van der Waals surface area contributed by atoms with E-state index in [0.29, 0.717) is 0 Å². The third kappa shape index (κ3) is 1.55. The quantitative estimate of drug-likeness (QED) is 0.781. The molecule has 0 bridgehead atoms. The zero-order chi connectivity index (χ0) is 10.1. The van der Waals surface area contributed by atoms with Crippen molar-refractivity contribution in [1.29, 1.82) is 0 Å². The highest BCUT2D eigenvalue weighted by Crippen LogP contribution is 2.31. The molecule has 1 aliphatic rings. The smallest absolute Gasteiger partial charge is 0.325 e. The largest absolute Gasteiger partial charge is 0.480 e. The predicted molar refractivity (Wildman–Crippen MR) is 55.8 cm³/mol. The lowest BCUT2D eigenvalue weighted by molar-refractivity contribution is -0.139. The van der Waals surface area contributed by atoms with E-state index >= 15 is 0 Å². The number of carboxylic acids is 1. The second kappa shape index (κ2) is 3.71. The van der Waals surface area contributed by atoms with Gasteiger partial charge in [-0.2, -0.15) is 0 Å². The van der Waals surface area contributed by atoms with Crippen LogP contribution in [0.3, 0.4) is 0 Å². The highest BCUT2D eigenvalue weighted by molar-refractivity contribution is 7.12. The second-order valence-corrected chi connectivity index (χ2v) is 4.64. The van der Waals surface area contributed by atoms with Gasteiger partial charge in [-0.05, 0) is 24.5 Å². The SMILES string of the molecule is CCc1cc2c(s1)CCNC2C(=O)O. The Kier molecular flexibility index (Phi) is 2.56. The van der Waals surface area contributed by atoms with E-state index in [1.54, 1.807) is 11.3 Å². The van der Waals surface area contributed by atoms with Crippen molar-refractivity contribution < 1.29 is 9.90 Å². The molecule has 1 unspecified atom stereocenters. The lowest BCUT2D eigenvalue weighted by atomic mass is 10.0. The molecule has 3 nitrogen and oxygen atoms in total. The molecule has 0 aliphatic carbocycles. The van der Waals surface area contributed by atoms with Crippen molar-refractivity contribution in [2.75, 3.05) is 6.54 Å². The number of aryl methyl sites for hydroxylation is 1. The summed E-state index contributed by atoms with van der Waals surface area (Å²) in [5, 5.41) is 12.0. The Hall–Kier alpha value is -0.870. The monoisotopic (exact) mass is 211 g/mol. The fourth-order valence-electron chi connectivity index (χ4n) is 1.77. The molecule has 1 aromatic rings. The second-order valence-electron chi connectivity index (χ2n) is 3.42. The van der Waals surface area contributed by atoms with E-state index in [-0.39, 0.29) is 0 Å². The molecule has 4 heteroatoms. The molecule has 14 heavy (non-hydrogen) atoms. The van der Waals surface area contributed by atoms with E-state index in [1.807, 2.05) is 6.07 Å². The summed E-state index contributed by atoms with van der Waals surface area (Å²) < 4.78 is 0. The summed E-state index contributed by atoms with van der Waals surface area (Å²) in [7, 11) is 0. The van der Waals surface area contributed by atoms with Crippen molar-refractivity contribution in [2.24, 2.45) is 0 Å². The van der Waals surface area contributed by atoms with Crippen molar-refractivity contribution in [2.45, 2.75) is 25.8 Å². The van der Waals surface area contributed by atoms with Crippen molar-refractivity contribution in [3.8, 4) is 0 Å². The van der Waals surface area contributed by atoms with Crippen LogP contribution >= 0.6 is 11.3 Å². The van der Waals surface area contributed by atoms with Gasteiger partial charge in [-0.25, -0.2) is 0 Å². The average Bonchev–Trinajstić information content (AvgIpc) is 2.59. The average molecular weight is 211 g/mol. The van der Waals surface area contributed by atoms with Crippen LogP contribution in [0.2, 0.25) is 0 Å². The summed E-state index contributed by atoms with van der Waals surface area (Å²) in [6, 6.07) is 1.54. The van der Waals surface area contributed by atoms with Gasteiger partial charge in [-0.15, -0.1) is 11.3 Å². The fraction of sp³-hybridized carbons (Fsp3) is 0.500. The van der Waals surface area contributed by atoms with Gasteiger partial charge in [0, 0.05) is 16.3 Å². The molecule has 2 heterocycles. The minimum Gasteiger partial charge on any atom is -0.480 e. The molecular formula is C10H13NO2S. The first-order valence-electron chi connectivity index (χ1n) is 4.80. The first kappa shape index (κ1) is 9.68. The minimum absolute atomic E-state index is 0.490. The van der Waals surface area contributed by atoms with Crippen LogP contribution in [0.25, 0.3) is 0 Å². The number of fused-ring (bicyclic) bond motifs is 1. The highest BCUT2D eigenvalue weighted by atomic mass is 32.1. The van der Waals surface area contributed by atoms with Crippen LogP contribution < -0.4 is 5.32 Å². The van der Waals surface area contributed by atoms with Crippen LogP contribution in [0.1, 0.15) is 28.3 Å². The van der Waals surface area contributed by atoms with Gasteiger partial charge in [-0.3, -0.25) is 4.79 Å². The number of hydrogen-bond donors (Lipinski definition) is 2. The molecule has 2 rings (SSSR count). The van der Waals surface area contributed by atoms with Crippen LogP contribution in [-0.2, 0) is 17.6 Å². The molecule has 76 valence electrons. The van der Waals surface area contributed by atoms with Gasteiger partial charge in [0.15, 0.2) is 0 Å². The van der Waals surface area contributed by atoms with Crippen molar-refractivity contribution >= 4 is 17.3 Å². The Morgan fingerprint density at radius 2 is 2.57 bits per heavy atom. The first-order valence-corrected chi connectivity index (χ1v) is 5.61. The zero-order valence-corrected chi connectivity index (χ0v) is 8.86. The Morgan fingerprint density at radius 3 is 3.21 bits per heavy atom. The van der Waals surface area contributed by atoms with Crippen LogP contribution in [0.15, 0.2) is 6.07 Å². The van der Waals surface area contributed by atoms with Crippen molar-refractivity contribution in [3.05, 3.63) is 21.4 Å². The summed E-state index contributed by atoms with van der Waals surface area (Å²) in [6.07, 6.45) is 1.95. The summed E-state index contributed by atoms with van der Waals surface area (Å²) in [5.41, 5.74) is 0.977. The van der Waals surface area contributed by atoms with E-state index in [2.05, 4.69) is 12.2 Å². The molecule has 1 aromatic heterocycles. The number of carbonyl (C=O) groups is 1. The maximum Gasteiger partial charge on any atom is 0.325 e. The lowest BCUT2D eigenvalue weighted by Crippen LogP contribution is -2.34. The fourth-order valence-corrected chi connectivity index (χ4v) is 2.92. The summed E-state index contributed by atoms with van der Waals surface area (Å²) in [5.74, 6) is -0.772. The van der Waals surface area contributed by atoms with Gasteiger partial charge in [0.2, 0.25) is 0 Å².